The first-order valence-corrected chi connectivity index (χ1v) is 8.66. The van der Waals surface area contributed by atoms with Gasteiger partial charge in [-0.15, -0.1) is 0 Å². The lowest BCUT2D eigenvalue weighted by Gasteiger charge is -2.33. The van der Waals surface area contributed by atoms with E-state index in [1.807, 2.05) is 18.7 Å². The summed E-state index contributed by atoms with van der Waals surface area (Å²) < 4.78 is 0. The van der Waals surface area contributed by atoms with Crippen molar-refractivity contribution in [3.05, 3.63) is 33.8 Å². The molecule has 6 heteroatoms. The summed E-state index contributed by atoms with van der Waals surface area (Å²) in [7, 11) is 0. The van der Waals surface area contributed by atoms with E-state index in [4.69, 9.17) is 23.2 Å². The highest BCUT2D eigenvalue weighted by Gasteiger charge is 2.24. The molecule has 0 aliphatic carbocycles. The third-order valence-corrected chi connectivity index (χ3v) is 4.49. The van der Waals surface area contributed by atoms with Crippen LogP contribution in [0.2, 0.25) is 10.0 Å². The molecule has 1 N–H and O–H groups in total. The van der Waals surface area contributed by atoms with Crippen molar-refractivity contribution < 1.29 is 9.59 Å². The van der Waals surface area contributed by atoms with Gasteiger partial charge in [0, 0.05) is 30.6 Å². The SMILES string of the molecule is CC(C)CC(=O)N1CCC(NC(=O)c2ccc(Cl)cc2Cl)CC1. The molecule has 2 amide bonds. The fourth-order valence-corrected chi connectivity index (χ4v) is 3.18. The first-order valence-electron chi connectivity index (χ1n) is 7.90. The topological polar surface area (TPSA) is 49.4 Å². The second kappa shape index (κ2) is 8.02. The molecular formula is C17H22Cl2N2O2. The number of amides is 2. The van der Waals surface area contributed by atoms with Crippen molar-refractivity contribution in [1.29, 1.82) is 0 Å². The van der Waals surface area contributed by atoms with E-state index in [0.717, 1.165) is 12.8 Å². The van der Waals surface area contributed by atoms with Crippen LogP contribution in [0.4, 0.5) is 0 Å². The molecule has 0 atom stereocenters. The van der Waals surface area contributed by atoms with Crippen LogP contribution in [0.25, 0.3) is 0 Å². The highest BCUT2D eigenvalue weighted by atomic mass is 35.5. The van der Waals surface area contributed by atoms with Crippen molar-refractivity contribution in [3.8, 4) is 0 Å². The summed E-state index contributed by atoms with van der Waals surface area (Å²) >= 11 is 11.9. The molecule has 0 bridgehead atoms. The number of halogens is 2. The Morgan fingerprint density at radius 1 is 1.26 bits per heavy atom. The lowest BCUT2D eigenvalue weighted by Crippen LogP contribution is -2.46. The first-order chi connectivity index (χ1) is 10.9. The molecule has 1 heterocycles. The van der Waals surface area contributed by atoms with Gasteiger partial charge in [-0.2, -0.15) is 0 Å². The number of rotatable bonds is 4. The molecule has 0 spiro atoms. The summed E-state index contributed by atoms with van der Waals surface area (Å²) in [6.07, 6.45) is 2.11. The molecule has 23 heavy (non-hydrogen) atoms. The van der Waals surface area contributed by atoms with Gasteiger partial charge < -0.3 is 10.2 Å². The van der Waals surface area contributed by atoms with E-state index >= 15 is 0 Å². The molecule has 0 aromatic heterocycles. The second-order valence-corrected chi connectivity index (χ2v) is 7.19. The Bertz CT molecular complexity index is 582. The minimum absolute atomic E-state index is 0.0670. The Kier molecular flexibility index (Phi) is 6.31. The van der Waals surface area contributed by atoms with E-state index in [1.165, 1.54) is 0 Å². The molecule has 1 aromatic rings. The molecule has 1 aliphatic rings. The van der Waals surface area contributed by atoms with Gasteiger partial charge in [0.1, 0.15) is 0 Å². The Hall–Kier alpha value is -1.26. The van der Waals surface area contributed by atoms with Crippen LogP contribution in [0.15, 0.2) is 18.2 Å². The summed E-state index contributed by atoms with van der Waals surface area (Å²) in [5.41, 5.74) is 0.425. The van der Waals surface area contributed by atoms with Gasteiger partial charge >= 0.3 is 0 Å². The summed E-state index contributed by atoms with van der Waals surface area (Å²) in [5, 5.41) is 3.84. The molecule has 2 rings (SSSR count). The quantitative estimate of drug-likeness (QED) is 0.892. The van der Waals surface area contributed by atoms with Crippen LogP contribution in [0.1, 0.15) is 43.5 Å². The predicted molar refractivity (Wildman–Crippen MR) is 93.0 cm³/mol. The van der Waals surface area contributed by atoms with Crippen LogP contribution < -0.4 is 5.32 Å². The maximum atomic E-state index is 12.3. The van der Waals surface area contributed by atoms with Crippen LogP contribution in [0, 0.1) is 5.92 Å². The summed E-state index contributed by atoms with van der Waals surface area (Å²) in [5.74, 6) is 0.371. The van der Waals surface area contributed by atoms with Gasteiger partial charge in [-0.05, 0) is 37.0 Å². The average Bonchev–Trinajstić information content (AvgIpc) is 2.47. The summed E-state index contributed by atoms with van der Waals surface area (Å²) in [6.45, 7) is 5.46. The minimum Gasteiger partial charge on any atom is -0.349 e. The number of hydrogen-bond acceptors (Lipinski definition) is 2. The van der Waals surface area contributed by atoms with Crippen molar-refractivity contribution in [3.63, 3.8) is 0 Å². The van der Waals surface area contributed by atoms with Crippen molar-refractivity contribution in [1.82, 2.24) is 10.2 Å². The number of nitrogens with one attached hydrogen (secondary N) is 1. The predicted octanol–water partition coefficient (Wildman–Crippen LogP) is 3.76. The number of benzene rings is 1. The van der Waals surface area contributed by atoms with E-state index in [1.54, 1.807) is 18.2 Å². The van der Waals surface area contributed by atoms with Gasteiger partial charge in [-0.1, -0.05) is 37.0 Å². The fourth-order valence-electron chi connectivity index (χ4n) is 2.69. The number of nitrogens with zero attached hydrogens (tertiary/aromatic N) is 1. The van der Waals surface area contributed by atoms with Crippen LogP contribution in [0.5, 0.6) is 0 Å². The van der Waals surface area contributed by atoms with Gasteiger partial charge in [0.05, 0.1) is 10.6 Å². The molecule has 0 unspecified atom stereocenters. The molecule has 1 fully saturated rings. The van der Waals surface area contributed by atoms with Gasteiger partial charge in [-0.25, -0.2) is 0 Å². The number of likely N-dealkylation sites (tertiary alicyclic amines) is 1. The second-order valence-electron chi connectivity index (χ2n) is 6.35. The highest BCUT2D eigenvalue weighted by Crippen LogP contribution is 2.21. The number of carbonyl (C=O) groups excluding carboxylic acids is 2. The zero-order chi connectivity index (χ0) is 17.0. The first kappa shape index (κ1) is 18.1. The molecule has 1 aliphatic heterocycles. The average molecular weight is 357 g/mol. The molecular weight excluding hydrogens is 335 g/mol. The maximum Gasteiger partial charge on any atom is 0.253 e. The Morgan fingerprint density at radius 2 is 1.91 bits per heavy atom. The van der Waals surface area contributed by atoms with Crippen LogP contribution in [-0.2, 0) is 4.79 Å². The van der Waals surface area contributed by atoms with Crippen molar-refractivity contribution >= 4 is 35.0 Å². The van der Waals surface area contributed by atoms with Gasteiger partial charge in [0.15, 0.2) is 0 Å². The fraction of sp³-hybridized carbons (Fsp3) is 0.529. The van der Waals surface area contributed by atoms with Crippen LogP contribution in [0.3, 0.4) is 0 Å². The lowest BCUT2D eigenvalue weighted by atomic mass is 10.0. The Balaban J connectivity index is 1.86. The minimum atomic E-state index is -0.196. The lowest BCUT2D eigenvalue weighted by molar-refractivity contribution is -0.133. The molecule has 1 aromatic carbocycles. The van der Waals surface area contributed by atoms with Crippen LogP contribution in [-0.4, -0.2) is 35.8 Å². The third-order valence-electron chi connectivity index (χ3n) is 3.94. The number of hydrogen-bond donors (Lipinski definition) is 1. The van der Waals surface area contributed by atoms with Gasteiger partial charge in [0.25, 0.3) is 5.91 Å². The normalized spacial score (nSPS) is 15.8. The van der Waals surface area contributed by atoms with Crippen LogP contribution >= 0.6 is 23.2 Å². The molecule has 1 saturated heterocycles. The zero-order valence-electron chi connectivity index (χ0n) is 13.4. The van der Waals surface area contributed by atoms with E-state index in [-0.39, 0.29) is 17.9 Å². The number of carbonyl (C=O) groups is 2. The maximum absolute atomic E-state index is 12.3. The third kappa shape index (κ3) is 5.11. The monoisotopic (exact) mass is 356 g/mol. The number of piperidine rings is 1. The van der Waals surface area contributed by atoms with Gasteiger partial charge in [-0.3, -0.25) is 9.59 Å². The van der Waals surface area contributed by atoms with E-state index in [9.17, 15) is 9.59 Å². The molecule has 0 saturated carbocycles. The Labute approximate surface area is 147 Å². The molecule has 0 radical (unpaired) electrons. The van der Waals surface area contributed by atoms with Crippen molar-refractivity contribution in [2.75, 3.05) is 13.1 Å². The van der Waals surface area contributed by atoms with Gasteiger partial charge in [0.2, 0.25) is 5.91 Å². The Morgan fingerprint density at radius 3 is 2.48 bits per heavy atom. The van der Waals surface area contributed by atoms with E-state index < -0.39 is 0 Å². The summed E-state index contributed by atoms with van der Waals surface area (Å²) in [6, 6.07) is 4.90. The van der Waals surface area contributed by atoms with E-state index in [2.05, 4.69) is 5.32 Å². The summed E-state index contributed by atoms with van der Waals surface area (Å²) in [4.78, 5) is 26.2. The largest absolute Gasteiger partial charge is 0.349 e. The standard InChI is InChI=1S/C17H22Cl2N2O2/c1-11(2)9-16(22)21-7-5-13(6-8-21)20-17(23)14-4-3-12(18)10-15(14)19/h3-4,10-11,13H,5-9H2,1-2H3,(H,20,23). The van der Waals surface area contributed by atoms with E-state index in [0.29, 0.717) is 41.0 Å². The van der Waals surface area contributed by atoms with Crippen molar-refractivity contribution in [2.24, 2.45) is 5.92 Å². The molecule has 4 nitrogen and oxygen atoms in total. The highest BCUT2D eigenvalue weighted by molar-refractivity contribution is 6.36. The zero-order valence-corrected chi connectivity index (χ0v) is 15.0. The van der Waals surface area contributed by atoms with Crippen molar-refractivity contribution in [2.45, 2.75) is 39.2 Å². The smallest absolute Gasteiger partial charge is 0.253 e. The molecule has 126 valence electrons.